The van der Waals surface area contributed by atoms with E-state index in [9.17, 15) is 9.90 Å². The van der Waals surface area contributed by atoms with Crippen LogP contribution >= 0.6 is 0 Å². The molecule has 2 aliphatic rings. The highest BCUT2D eigenvalue weighted by Gasteiger charge is 2.52. The number of hydrogen-bond acceptors (Lipinski definition) is 2. The minimum Gasteiger partial charge on any atom is -0.481 e. The van der Waals surface area contributed by atoms with Crippen molar-refractivity contribution in [1.82, 2.24) is 0 Å². The van der Waals surface area contributed by atoms with Gasteiger partial charge in [0, 0.05) is 7.11 Å². The lowest BCUT2D eigenvalue weighted by atomic mass is 9.65. The molecule has 2 rings (SSSR count). The van der Waals surface area contributed by atoms with Crippen LogP contribution in [0, 0.1) is 17.3 Å². The summed E-state index contributed by atoms with van der Waals surface area (Å²) in [5.74, 6) is 0.0595. The van der Waals surface area contributed by atoms with Gasteiger partial charge >= 0.3 is 5.97 Å². The summed E-state index contributed by atoms with van der Waals surface area (Å²) >= 11 is 0. The Morgan fingerprint density at radius 2 is 1.53 bits per heavy atom. The Morgan fingerprint density at radius 3 is 1.82 bits per heavy atom. The van der Waals surface area contributed by atoms with Crippen molar-refractivity contribution in [3.05, 3.63) is 0 Å². The highest BCUT2D eigenvalue weighted by atomic mass is 16.5. The van der Waals surface area contributed by atoms with Crippen molar-refractivity contribution in [2.24, 2.45) is 17.3 Å². The third-order valence-electron chi connectivity index (χ3n) is 4.95. The Labute approximate surface area is 104 Å². The zero-order chi connectivity index (χ0) is 12.3. The normalized spacial score (nSPS) is 23.4. The van der Waals surface area contributed by atoms with Gasteiger partial charge in [0.15, 0.2) is 0 Å². The monoisotopic (exact) mass is 240 g/mol. The molecule has 0 saturated heterocycles. The van der Waals surface area contributed by atoms with E-state index in [0.717, 1.165) is 25.7 Å². The van der Waals surface area contributed by atoms with E-state index >= 15 is 0 Å². The maximum atomic E-state index is 11.9. The van der Waals surface area contributed by atoms with Crippen LogP contribution < -0.4 is 0 Å². The van der Waals surface area contributed by atoms with Crippen molar-refractivity contribution >= 4 is 5.97 Å². The topological polar surface area (TPSA) is 46.5 Å². The van der Waals surface area contributed by atoms with Gasteiger partial charge in [0.1, 0.15) is 0 Å². The smallest absolute Gasteiger partial charge is 0.312 e. The predicted molar refractivity (Wildman–Crippen MR) is 65.9 cm³/mol. The second kappa shape index (κ2) is 5.38. The maximum Gasteiger partial charge on any atom is 0.312 e. The van der Waals surface area contributed by atoms with Crippen LogP contribution in [0.4, 0.5) is 0 Å². The lowest BCUT2D eigenvalue weighted by molar-refractivity contribution is -0.163. The highest BCUT2D eigenvalue weighted by Crippen LogP contribution is 2.50. The van der Waals surface area contributed by atoms with E-state index in [1.54, 1.807) is 7.11 Å². The third kappa shape index (κ3) is 2.22. The van der Waals surface area contributed by atoms with Gasteiger partial charge in [-0.05, 0) is 37.5 Å². The van der Waals surface area contributed by atoms with Crippen LogP contribution in [-0.2, 0) is 9.53 Å². The molecular weight excluding hydrogens is 216 g/mol. The van der Waals surface area contributed by atoms with Crippen LogP contribution in [0.2, 0.25) is 0 Å². The number of aliphatic carboxylic acids is 1. The summed E-state index contributed by atoms with van der Waals surface area (Å²) in [5.41, 5.74) is -0.595. The Kier molecular flexibility index (Phi) is 4.08. The van der Waals surface area contributed by atoms with Crippen molar-refractivity contribution in [3.8, 4) is 0 Å². The molecule has 98 valence electrons. The fraction of sp³-hybridized carbons (Fsp3) is 0.929. The molecule has 0 radical (unpaired) electrons. The lowest BCUT2D eigenvalue weighted by Crippen LogP contribution is -2.47. The van der Waals surface area contributed by atoms with Gasteiger partial charge in [-0.3, -0.25) is 4.79 Å². The number of rotatable bonds is 5. The summed E-state index contributed by atoms with van der Waals surface area (Å²) in [6.45, 7) is 0.400. The highest BCUT2D eigenvalue weighted by molar-refractivity contribution is 5.76. The summed E-state index contributed by atoms with van der Waals surface area (Å²) in [4.78, 5) is 11.9. The molecule has 0 atom stereocenters. The molecule has 0 unspecified atom stereocenters. The van der Waals surface area contributed by atoms with Crippen LogP contribution in [0.1, 0.15) is 51.4 Å². The van der Waals surface area contributed by atoms with Gasteiger partial charge < -0.3 is 9.84 Å². The van der Waals surface area contributed by atoms with E-state index < -0.39 is 11.4 Å². The molecule has 0 aliphatic heterocycles. The largest absolute Gasteiger partial charge is 0.481 e. The standard InChI is InChI=1S/C14H24O3/c1-17-10-14(13(15)16,11-6-2-3-7-11)12-8-4-5-9-12/h11-12H,2-10H2,1H3,(H,15,16). The zero-order valence-electron chi connectivity index (χ0n) is 10.8. The molecule has 1 N–H and O–H groups in total. The Morgan fingerprint density at radius 1 is 1.12 bits per heavy atom. The van der Waals surface area contributed by atoms with E-state index in [-0.39, 0.29) is 0 Å². The molecule has 0 aromatic carbocycles. The molecule has 2 aliphatic carbocycles. The van der Waals surface area contributed by atoms with Crippen LogP contribution in [0.25, 0.3) is 0 Å². The first kappa shape index (κ1) is 12.9. The zero-order valence-corrected chi connectivity index (χ0v) is 10.8. The minimum atomic E-state index is -0.613. The van der Waals surface area contributed by atoms with Gasteiger partial charge in [0.2, 0.25) is 0 Å². The number of carboxylic acids is 1. The van der Waals surface area contributed by atoms with Crippen LogP contribution in [0.3, 0.4) is 0 Å². The Bertz CT molecular complexity index is 247. The molecule has 0 amide bonds. The molecule has 3 nitrogen and oxygen atoms in total. The molecule has 0 bridgehead atoms. The fourth-order valence-electron chi connectivity index (χ4n) is 4.10. The second-order valence-corrected chi connectivity index (χ2v) is 5.74. The summed E-state index contributed by atoms with van der Waals surface area (Å²) < 4.78 is 5.31. The average Bonchev–Trinajstić information content (AvgIpc) is 2.98. The van der Waals surface area contributed by atoms with Crippen molar-refractivity contribution in [3.63, 3.8) is 0 Å². The van der Waals surface area contributed by atoms with Crippen molar-refractivity contribution in [2.75, 3.05) is 13.7 Å². The molecule has 0 aromatic rings. The van der Waals surface area contributed by atoms with Gasteiger partial charge in [-0.2, -0.15) is 0 Å². The molecule has 0 heterocycles. The predicted octanol–water partition coefficient (Wildman–Crippen LogP) is 3.08. The summed E-state index contributed by atoms with van der Waals surface area (Å²) in [6, 6.07) is 0. The molecular formula is C14H24O3. The first-order valence-electron chi connectivity index (χ1n) is 6.94. The summed E-state index contributed by atoms with van der Waals surface area (Å²) in [6.07, 6.45) is 9.06. The summed E-state index contributed by atoms with van der Waals surface area (Å²) in [7, 11) is 1.64. The first-order chi connectivity index (χ1) is 8.21. The number of hydrogen-bond donors (Lipinski definition) is 1. The SMILES string of the molecule is COCC(C(=O)O)(C1CCCC1)C1CCCC1. The number of carbonyl (C=O) groups is 1. The van der Waals surface area contributed by atoms with Crippen molar-refractivity contribution in [2.45, 2.75) is 51.4 Å². The molecule has 2 fully saturated rings. The first-order valence-corrected chi connectivity index (χ1v) is 6.94. The second-order valence-electron chi connectivity index (χ2n) is 5.74. The minimum absolute atomic E-state index is 0.336. The molecule has 17 heavy (non-hydrogen) atoms. The summed E-state index contributed by atoms with van der Waals surface area (Å²) in [5, 5.41) is 9.80. The molecule has 3 heteroatoms. The Balaban J connectivity index is 2.26. The third-order valence-corrected chi connectivity index (χ3v) is 4.95. The molecule has 0 spiro atoms. The van der Waals surface area contributed by atoms with E-state index in [0.29, 0.717) is 18.4 Å². The quantitative estimate of drug-likeness (QED) is 0.803. The lowest BCUT2D eigenvalue weighted by Gasteiger charge is -2.39. The van der Waals surface area contributed by atoms with Crippen LogP contribution in [0.15, 0.2) is 0 Å². The average molecular weight is 240 g/mol. The van der Waals surface area contributed by atoms with E-state index in [4.69, 9.17) is 4.74 Å². The Hall–Kier alpha value is -0.570. The van der Waals surface area contributed by atoms with Crippen LogP contribution in [0.5, 0.6) is 0 Å². The maximum absolute atomic E-state index is 11.9. The molecule has 0 aromatic heterocycles. The molecule has 2 saturated carbocycles. The number of ether oxygens (including phenoxy) is 1. The van der Waals surface area contributed by atoms with Crippen molar-refractivity contribution in [1.29, 1.82) is 0 Å². The van der Waals surface area contributed by atoms with Gasteiger partial charge in [-0.25, -0.2) is 0 Å². The van der Waals surface area contributed by atoms with Crippen LogP contribution in [-0.4, -0.2) is 24.8 Å². The van der Waals surface area contributed by atoms with Crippen molar-refractivity contribution < 1.29 is 14.6 Å². The van der Waals surface area contributed by atoms with Gasteiger partial charge in [-0.15, -0.1) is 0 Å². The van der Waals surface area contributed by atoms with Gasteiger partial charge in [-0.1, -0.05) is 25.7 Å². The van der Waals surface area contributed by atoms with Gasteiger partial charge in [0.25, 0.3) is 0 Å². The van der Waals surface area contributed by atoms with E-state index in [2.05, 4.69) is 0 Å². The van der Waals surface area contributed by atoms with Gasteiger partial charge in [0.05, 0.1) is 12.0 Å². The van der Waals surface area contributed by atoms with E-state index in [1.165, 1.54) is 25.7 Å². The number of methoxy groups -OCH3 is 1. The number of carboxylic acid groups (broad SMARTS) is 1. The van der Waals surface area contributed by atoms with E-state index in [1.807, 2.05) is 0 Å². The fourth-order valence-corrected chi connectivity index (χ4v) is 4.10.